The lowest BCUT2D eigenvalue weighted by molar-refractivity contribution is 0.0602. The third-order valence-electron chi connectivity index (χ3n) is 3.21. The van der Waals surface area contributed by atoms with Gasteiger partial charge in [0, 0.05) is 17.9 Å². The number of nitrogens with two attached hydrogens (primary N) is 1. The summed E-state index contributed by atoms with van der Waals surface area (Å²) in [4.78, 5) is 11.5. The van der Waals surface area contributed by atoms with Crippen molar-refractivity contribution in [3.8, 4) is 0 Å². The number of esters is 1. The molecule has 0 bridgehead atoms. The third-order valence-corrected chi connectivity index (χ3v) is 3.21. The number of ether oxygens (including phenoxy) is 1. The summed E-state index contributed by atoms with van der Waals surface area (Å²) in [5.41, 5.74) is 7.49. The van der Waals surface area contributed by atoms with Crippen molar-refractivity contribution in [3.05, 3.63) is 23.8 Å². The molecule has 4 heteroatoms. The summed E-state index contributed by atoms with van der Waals surface area (Å²) >= 11 is 0. The van der Waals surface area contributed by atoms with Gasteiger partial charge < -0.3 is 15.8 Å². The van der Waals surface area contributed by atoms with E-state index in [1.807, 2.05) is 6.07 Å². The maximum Gasteiger partial charge on any atom is 0.340 e. The quantitative estimate of drug-likeness (QED) is 0.602. The summed E-state index contributed by atoms with van der Waals surface area (Å²) in [6, 6.07) is 5.34. The molecule has 0 heterocycles. The summed E-state index contributed by atoms with van der Waals surface area (Å²) in [6.45, 7) is 5.26. The Morgan fingerprint density at radius 3 is 2.61 bits per heavy atom. The van der Waals surface area contributed by atoms with E-state index in [0.29, 0.717) is 17.2 Å². The van der Waals surface area contributed by atoms with Gasteiger partial charge in [0.1, 0.15) is 0 Å². The highest BCUT2D eigenvalue weighted by molar-refractivity contribution is 5.96. The van der Waals surface area contributed by atoms with Gasteiger partial charge in [-0.05, 0) is 24.1 Å². The summed E-state index contributed by atoms with van der Waals surface area (Å²) in [7, 11) is 1.35. The molecule has 3 N–H and O–H groups in total. The number of anilines is 2. The Kier molecular flexibility index (Phi) is 5.49. The molecular weight excluding hydrogens is 228 g/mol. The number of hydrogen-bond donors (Lipinski definition) is 2. The maximum absolute atomic E-state index is 11.5. The molecule has 0 aliphatic rings. The van der Waals surface area contributed by atoms with Crippen molar-refractivity contribution in [1.82, 2.24) is 0 Å². The van der Waals surface area contributed by atoms with Crippen LogP contribution in [0.25, 0.3) is 0 Å². The van der Waals surface area contributed by atoms with E-state index in [0.717, 1.165) is 25.1 Å². The molecule has 100 valence electrons. The molecule has 0 fully saturated rings. The highest BCUT2D eigenvalue weighted by Gasteiger charge is 2.11. The highest BCUT2D eigenvalue weighted by Crippen LogP contribution is 2.19. The van der Waals surface area contributed by atoms with Crippen molar-refractivity contribution in [2.75, 3.05) is 24.7 Å². The third kappa shape index (κ3) is 3.65. The molecule has 1 rings (SSSR count). The van der Waals surface area contributed by atoms with Gasteiger partial charge in [-0.25, -0.2) is 4.79 Å². The van der Waals surface area contributed by atoms with Gasteiger partial charge in [-0.15, -0.1) is 0 Å². The molecular formula is C14H22N2O2. The summed E-state index contributed by atoms with van der Waals surface area (Å²) < 4.78 is 4.69. The van der Waals surface area contributed by atoms with E-state index in [4.69, 9.17) is 10.5 Å². The monoisotopic (exact) mass is 250 g/mol. The predicted octanol–water partition coefficient (Wildman–Crippen LogP) is 2.90. The van der Waals surface area contributed by atoms with Crippen LogP contribution in [0.2, 0.25) is 0 Å². The zero-order chi connectivity index (χ0) is 13.5. The second-order valence-corrected chi connectivity index (χ2v) is 4.36. The van der Waals surface area contributed by atoms with Crippen molar-refractivity contribution in [1.29, 1.82) is 0 Å². The molecule has 0 aliphatic carbocycles. The standard InChI is InChI=1S/C14H22N2O2/c1-4-10(5-2)9-16-11-6-7-13(15)12(8-11)14(17)18-3/h6-8,10,16H,4-5,9,15H2,1-3H3. The lowest BCUT2D eigenvalue weighted by Crippen LogP contribution is -2.13. The minimum atomic E-state index is -0.404. The van der Waals surface area contributed by atoms with Crippen LogP contribution in [0.3, 0.4) is 0 Å². The van der Waals surface area contributed by atoms with E-state index in [9.17, 15) is 4.79 Å². The molecule has 1 aromatic carbocycles. The number of benzene rings is 1. The van der Waals surface area contributed by atoms with Crippen LogP contribution in [0, 0.1) is 5.92 Å². The van der Waals surface area contributed by atoms with E-state index >= 15 is 0 Å². The van der Waals surface area contributed by atoms with Crippen molar-refractivity contribution in [2.45, 2.75) is 26.7 Å². The Morgan fingerprint density at radius 2 is 2.06 bits per heavy atom. The minimum absolute atomic E-state index is 0.404. The van der Waals surface area contributed by atoms with Crippen LogP contribution in [0.1, 0.15) is 37.0 Å². The van der Waals surface area contributed by atoms with E-state index in [-0.39, 0.29) is 0 Å². The fourth-order valence-electron chi connectivity index (χ4n) is 1.79. The van der Waals surface area contributed by atoms with E-state index in [1.54, 1.807) is 12.1 Å². The number of nitrogen functional groups attached to an aromatic ring is 1. The SMILES string of the molecule is CCC(CC)CNc1ccc(N)c(C(=O)OC)c1. The predicted molar refractivity (Wildman–Crippen MR) is 74.8 cm³/mol. The smallest absolute Gasteiger partial charge is 0.340 e. The second kappa shape index (κ2) is 6.89. The average Bonchev–Trinajstić information content (AvgIpc) is 2.40. The van der Waals surface area contributed by atoms with Crippen LogP contribution < -0.4 is 11.1 Å². The van der Waals surface area contributed by atoms with E-state index in [2.05, 4.69) is 19.2 Å². The zero-order valence-corrected chi connectivity index (χ0v) is 11.3. The largest absolute Gasteiger partial charge is 0.465 e. The Balaban J connectivity index is 2.76. The normalized spacial score (nSPS) is 10.4. The lowest BCUT2D eigenvalue weighted by Gasteiger charge is -2.15. The fourth-order valence-corrected chi connectivity index (χ4v) is 1.79. The van der Waals surface area contributed by atoms with E-state index < -0.39 is 5.97 Å². The molecule has 0 aliphatic heterocycles. The lowest BCUT2D eigenvalue weighted by atomic mass is 10.0. The molecule has 0 aromatic heterocycles. The van der Waals surface area contributed by atoms with Crippen LogP contribution in [0.15, 0.2) is 18.2 Å². The van der Waals surface area contributed by atoms with E-state index in [1.165, 1.54) is 7.11 Å². The average molecular weight is 250 g/mol. The number of nitrogens with one attached hydrogen (secondary N) is 1. The van der Waals surface area contributed by atoms with Gasteiger partial charge in [0.25, 0.3) is 0 Å². The van der Waals surface area contributed by atoms with Gasteiger partial charge >= 0.3 is 5.97 Å². The summed E-state index contributed by atoms with van der Waals surface area (Å²) in [6.07, 6.45) is 2.28. The molecule has 0 unspecified atom stereocenters. The van der Waals surface area contributed by atoms with Gasteiger partial charge in [-0.1, -0.05) is 26.7 Å². The topological polar surface area (TPSA) is 64.3 Å². The summed E-state index contributed by atoms with van der Waals surface area (Å²) in [5.74, 6) is 0.239. The number of methoxy groups -OCH3 is 1. The number of carbonyl (C=O) groups excluding carboxylic acids is 1. The van der Waals surface area contributed by atoms with Crippen LogP contribution >= 0.6 is 0 Å². The molecule has 1 aromatic rings. The maximum atomic E-state index is 11.5. The highest BCUT2D eigenvalue weighted by atomic mass is 16.5. The molecule has 18 heavy (non-hydrogen) atoms. The van der Waals surface area contributed by atoms with Gasteiger partial charge in [0.05, 0.1) is 12.7 Å². The zero-order valence-electron chi connectivity index (χ0n) is 11.3. The first-order valence-corrected chi connectivity index (χ1v) is 6.34. The summed E-state index contributed by atoms with van der Waals surface area (Å²) in [5, 5.41) is 3.33. The van der Waals surface area contributed by atoms with Crippen LogP contribution in [0.5, 0.6) is 0 Å². The first-order chi connectivity index (χ1) is 8.62. The molecule has 0 atom stereocenters. The molecule has 4 nitrogen and oxygen atoms in total. The van der Waals surface area contributed by atoms with Crippen LogP contribution in [0.4, 0.5) is 11.4 Å². The Labute approximate surface area is 109 Å². The van der Waals surface area contributed by atoms with Crippen molar-refractivity contribution >= 4 is 17.3 Å². The van der Waals surface area contributed by atoms with Crippen LogP contribution in [-0.4, -0.2) is 19.6 Å². The Hall–Kier alpha value is -1.71. The Morgan fingerprint density at radius 1 is 1.39 bits per heavy atom. The minimum Gasteiger partial charge on any atom is -0.465 e. The first kappa shape index (κ1) is 14.4. The van der Waals surface area contributed by atoms with Crippen molar-refractivity contribution < 1.29 is 9.53 Å². The van der Waals surface area contributed by atoms with Gasteiger partial charge in [0.15, 0.2) is 0 Å². The van der Waals surface area contributed by atoms with Crippen molar-refractivity contribution in [2.24, 2.45) is 5.92 Å². The van der Waals surface area contributed by atoms with Gasteiger partial charge in [-0.2, -0.15) is 0 Å². The van der Waals surface area contributed by atoms with Gasteiger partial charge in [0.2, 0.25) is 0 Å². The molecule has 0 amide bonds. The molecule has 0 saturated carbocycles. The van der Waals surface area contributed by atoms with Crippen LogP contribution in [-0.2, 0) is 4.74 Å². The number of carbonyl (C=O) groups is 1. The second-order valence-electron chi connectivity index (χ2n) is 4.36. The molecule has 0 spiro atoms. The molecule has 0 radical (unpaired) electrons. The first-order valence-electron chi connectivity index (χ1n) is 6.34. The number of hydrogen-bond acceptors (Lipinski definition) is 4. The number of rotatable bonds is 6. The molecule has 0 saturated heterocycles. The Bertz CT molecular complexity index is 401. The van der Waals surface area contributed by atoms with Crippen molar-refractivity contribution in [3.63, 3.8) is 0 Å². The van der Waals surface area contributed by atoms with Gasteiger partial charge in [-0.3, -0.25) is 0 Å². The fraction of sp³-hybridized carbons (Fsp3) is 0.500.